The molecule has 0 aliphatic rings. The Balaban J connectivity index is 2.25. The van der Waals surface area contributed by atoms with Crippen molar-refractivity contribution in [3.8, 4) is 0 Å². The summed E-state index contributed by atoms with van der Waals surface area (Å²) in [6.07, 6.45) is 0. The van der Waals surface area contributed by atoms with Gasteiger partial charge in [-0.3, -0.25) is 0 Å². The van der Waals surface area contributed by atoms with E-state index in [0.29, 0.717) is 11.4 Å². The van der Waals surface area contributed by atoms with Crippen molar-refractivity contribution in [2.24, 2.45) is 5.73 Å². The van der Waals surface area contributed by atoms with Crippen molar-refractivity contribution < 1.29 is 13.2 Å². The average molecular weight is 318 g/mol. The van der Waals surface area contributed by atoms with Gasteiger partial charge in [0.25, 0.3) is 0 Å². The van der Waals surface area contributed by atoms with Crippen molar-refractivity contribution in [1.82, 2.24) is 10.0 Å². The fraction of sp³-hybridized carbons (Fsp3) is 0.364. The minimum absolute atomic E-state index is 0.00137. The van der Waals surface area contributed by atoms with Crippen LogP contribution in [0.3, 0.4) is 0 Å². The van der Waals surface area contributed by atoms with E-state index in [1.807, 2.05) is 12.1 Å². The zero-order chi connectivity index (χ0) is 15.0. The third kappa shape index (κ3) is 7.22. The summed E-state index contributed by atoms with van der Waals surface area (Å²) in [4.78, 5) is 11.4. The zero-order valence-corrected chi connectivity index (χ0v) is 12.5. The summed E-state index contributed by atoms with van der Waals surface area (Å²) in [6, 6.07) is 6.55. The van der Waals surface area contributed by atoms with Crippen molar-refractivity contribution >= 4 is 33.5 Å². The first kappa shape index (κ1) is 16.6. The molecule has 1 rings (SSSR count). The van der Waals surface area contributed by atoms with E-state index in [2.05, 4.69) is 10.0 Å². The van der Waals surface area contributed by atoms with Crippen LogP contribution < -0.4 is 21.5 Å². The molecule has 20 heavy (non-hydrogen) atoms. The lowest BCUT2D eigenvalue weighted by Gasteiger charge is -2.07. The minimum Gasteiger partial charge on any atom is -0.399 e. The first-order valence-electron chi connectivity index (χ1n) is 5.88. The summed E-state index contributed by atoms with van der Waals surface area (Å²) < 4.78 is 25.6. The molecule has 0 bridgehead atoms. The Morgan fingerprint density at radius 3 is 2.45 bits per heavy atom. The van der Waals surface area contributed by atoms with Gasteiger partial charge < -0.3 is 16.8 Å². The smallest absolute Gasteiger partial charge is 0.312 e. The van der Waals surface area contributed by atoms with E-state index in [1.165, 1.54) is 11.8 Å². The second-order valence-corrected chi connectivity index (χ2v) is 7.02. The molecule has 0 aromatic heterocycles. The van der Waals surface area contributed by atoms with E-state index >= 15 is 0 Å². The average Bonchev–Trinajstić information content (AvgIpc) is 2.37. The van der Waals surface area contributed by atoms with Crippen LogP contribution in [0.4, 0.5) is 10.5 Å². The first-order valence-corrected chi connectivity index (χ1v) is 8.52. The van der Waals surface area contributed by atoms with Crippen molar-refractivity contribution in [2.75, 3.05) is 30.3 Å². The Hall–Kier alpha value is -1.45. The minimum atomic E-state index is -3.35. The second kappa shape index (κ2) is 7.98. The number of hydrogen-bond acceptors (Lipinski definition) is 5. The Morgan fingerprint density at radius 2 is 1.85 bits per heavy atom. The highest BCUT2D eigenvalue weighted by Crippen LogP contribution is 2.19. The van der Waals surface area contributed by atoms with Crippen LogP contribution in [0.1, 0.15) is 0 Å². The van der Waals surface area contributed by atoms with Crippen LogP contribution in [-0.4, -0.2) is 39.0 Å². The fourth-order valence-electron chi connectivity index (χ4n) is 1.30. The number of carbonyl (C=O) groups is 1. The predicted octanol–water partition coefficient (Wildman–Crippen LogP) is -0.0514. The number of hydrogen-bond donors (Lipinski definition) is 4. The molecule has 0 atom stereocenters. The fourth-order valence-corrected chi connectivity index (χ4v) is 3.63. The molecule has 112 valence electrons. The van der Waals surface area contributed by atoms with Gasteiger partial charge in [0, 0.05) is 29.4 Å². The third-order valence-corrected chi connectivity index (χ3v) is 4.90. The van der Waals surface area contributed by atoms with Gasteiger partial charge in [0.15, 0.2) is 0 Å². The molecule has 9 heteroatoms. The molecule has 1 aromatic carbocycles. The molecule has 0 aliphatic carbocycles. The third-order valence-electron chi connectivity index (χ3n) is 2.25. The molecule has 0 unspecified atom stereocenters. The number of nitrogens with two attached hydrogens (primary N) is 2. The van der Waals surface area contributed by atoms with Crippen LogP contribution in [0.5, 0.6) is 0 Å². The van der Waals surface area contributed by atoms with E-state index in [-0.39, 0.29) is 18.8 Å². The Morgan fingerprint density at radius 1 is 1.20 bits per heavy atom. The summed E-state index contributed by atoms with van der Waals surface area (Å²) in [5.41, 5.74) is 11.1. The Kier molecular flexibility index (Phi) is 6.62. The lowest BCUT2D eigenvalue weighted by Crippen LogP contribution is -2.38. The lowest BCUT2D eigenvalue weighted by atomic mass is 10.3. The van der Waals surface area contributed by atoms with Crippen LogP contribution in [0.15, 0.2) is 29.2 Å². The van der Waals surface area contributed by atoms with Gasteiger partial charge in [-0.1, -0.05) is 0 Å². The van der Waals surface area contributed by atoms with Gasteiger partial charge in [0.2, 0.25) is 10.0 Å². The molecule has 6 N–H and O–H groups in total. The lowest BCUT2D eigenvalue weighted by molar-refractivity contribution is 0.249. The molecule has 1 aromatic rings. The van der Waals surface area contributed by atoms with Crippen LogP contribution in [0, 0.1) is 0 Å². The first-order chi connectivity index (χ1) is 9.39. The number of primary amides is 1. The summed E-state index contributed by atoms with van der Waals surface area (Å²) in [5, 5.41) is 2.30. The molecule has 0 spiro atoms. The number of nitrogen functional groups attached to an aromatic ring is 1. The van der Waals surface area contributed by atoms with Crippen LogP contribution >= 0.6 is 11.8 Å². The largest absolute Gasteiger partial charge is 0.399 e. The normalized spacial score (nSPS) is 11.2. The van der Waals surface area contributed by atoms with E-state index in [0.717, 1.165) is 4.90 Å². The van der Waals surface area contributed by atoms with Gasteiger partial charge in [-0.15, -0.1) is 11.8 Å². The summed E-state index contributed by atoms with van der Waals surface area (Å²) in [6.45, 7) is 0.289. The van der Waals surface area contributed by atoms with Crippen LogP contribution in [0.2, 0.25) is 0 Å². The van der Waals surface area contributed by atoms with E-state index < -0.39 is 16.1 Å². The van der Waals surface area contributed by atoms with E-state index in [1.54, 1.807) is 12.1 Å². The number of benzene rings is 1. The number of anilines is 1. The highest BCUT2D eigenvalue weighted by atomic mass is 32.2. The quantitative estimate of drug-likeness (QED) is 0.303. The maximum absolute atomic E-state index is 11.6. The molecule has 2 amide bonds. The van der Waals surface area contributed by atoms with Gasteiger partial charge in [-0.2, -0.15) is 0 Å². The van der Waals surface area contributed by atoms with Crippen LogP contribution in [0.25, 0.3) is 0 Å². The maximum atomic E-state index is 11.6. The molecule has 0 saturated carbocycles. The number of amides is 2. The summed E-state index contributed by atoms with van der Waals surface area (Å²) >= 11 is 1.44. The standard InChI is InChI=1S/C11H18N4O3S2/c12-9-1-3-10(4-2-9)19-7-8-20(17,18)15-6-5-14-11(13)16/h1-4,15H,5-8,12H2,(H3,13,14,16). The number of urea groups is 1. The summed E-state index contributed by atoms with van der Waals surface area (Å²) in [7, 11) is -3.35. The van der Waals surface area contributed by atoms with E-state index in [9.17, 15) is 13.2 Å². The monoisotopic (exact) mass is 318 g/mol. The zero-order valence-electron chi connectivity index (χ0n) is 10.8. The number of rotatable bonds is 8. The molecule has 0 aliphatic heterocycles. The number of sulfonamides is 1. The van der Waals surface area contributed by atoms with Gasteiger partial charge in [-0.05, 0) is 24.3 Å². The SMILES string of the molecule is NC(=O)NCCNS(=O)(=O)CCSc1ccc(N)cc1. The number of carbonyl (C=O) groups excluding carboxylic acids is 1. The highest BCUT2D eigenvalue weighted by Gasteiger charge is 2.09. The predicted molar refractivity (Wildman–Crippen MR) is 81.0 cm³/mol. The maximum Gasteiger partial charge on any atom is 0.312 e. The van der Waals surface area contributed by atoms with Crippen LogP contribution in [-0.2, 0) is 10.0 Å². The van der Waals surface area contributed by atoms with Crippen molar-refractivity contribution in [3.63, 3.8) is 0 Å². The van der Waals surface area contributed by atoms with E-state index in [4.69, 9.17) is 11.5 Å². The summed E-state index contributed by atoms with van der Waals surface area (Å²) in [5.74, 6) is 0.432. The molecule has 0 fully saturated rings. The molecule has 0 heterocycles. The highest BCUT2D eigenvalue weighted by molar-refractivity contribution is 8.00. The molecule has 0 radical (unpaired) electrons. The Labute approximate surface area is 122 Å². The second-order valence-electron chi connectivity index (χ2n) is 3.92. The molecular formula is C11H18N4O3S2. The van der Waals surface area contributed by atoms with Gasteiger partial charge in [0.05, 0.1) is 5.75 Å². The molecular weight excluding hydrogens is 300 g/mol. The Bertz CT molecular complexity index is 531. The van der Waals surface area contributed by atoms with Crippen molar-refractivity contribution in [3.05, 3.63) is 24.3 Å². The van der Waals surface area contributed by atoms with Gasteiger partial charge >= 0.3 is 6.03 Å². The molecule has 0 saturated heterocycles. The number of thioether (sulfide) groups is 1. The topological polar surface area (TPSA) is 127 Å². The molecule has 7 nitrogen and oxygen atoms in total. The van der Waals surface area contributed by atoms with Gasteiger partial charge in [0.1, 0.15) is 0 Å². The van der Waals surface area contributed by atoms with Gasteiger partial charge in [-0.25, -0.2) is 17.9 Å². The van der Waals surface area contributed by atoms with Crippen molar-refractivity contribution in [2.45, 2.75) is 4.90 Å². The number of nitrogens with one attached hydrogen (secondary N) is 2. The van der Waals surface area contributed by atoms with Crippen molar-refractivity contribution in [1.29, 1.82) is 0 Å².